The highest BCUT2D eigenvalue weighted by atomic mass is 16.7. The van der Waals surface area contributed by atoms with Crippen molar-refractivity contribution in [3.05, 3.63) is 53.6 Å². The zero-order valence-corrected chi connectivity index (χ0v) is 20.0. The number of nitrogens with one attached hydrogen (secondary N) is 2. The van der Waals surface area contributed by atoms with E-state index in [1.807, 2.05) is 38.1 Å². The van der Waals surface area contributed by atoms with Gasteiger partial charge in [0.2, 0.25) is 12.7 Å². The van der Waals surface area contributed by atoms with Crippen LogP contribution in [0.1, 0.15) is 37.3 Å². The number of imide groups is 1. The summed E-state index contributed by atoms with van der Waals surface area (Å²) in [5.41, 5.74) is 1.53. The van der Waals surface area contributed by atoms with Crippen LogP contribution >= 0.6 is 0 Å². The number of hydrogen-bond acceptors (Lipinski definition) is 6. The minimum absolute atomic E-state index is 0.0390. The molecule has 4 amide bonds. The molecule has 9 heteroatoms. The van der Waals surface area contributed by atoms with E-state index in [0.29, 0.717) is 49.5 Å². The molecule has 0 unspecified atom stereocenters. The average Bonchev–Trinajstić information content (AvgIpc) is 3.43. The van der Waals surface area contributed by atoms with E-state index in [0.717, 1.165) is 11.1 Å². The van der Waals surface area contributed by atoms with Crippen molar-refractivity contribution in [2.24, 2.45) is 5.92 Å². The maximum absolute atomic E-state index is 13.4. The standard InChI is InChI=1S/C26H30N4O5/c1-3-26(19-6-4-17(2)5-7-19)24(32)30(25(33)28-26)15-29-12-10-18(11-13-29)23(31)27-20-8-9-21-22(14-20)35-16-34-21/h4-9,14,18H,3,10-13,15-16H2,1-2H3,(H,27,31)(H,28,33)/t26-/m1/s1. The molecule has 2 aromatic carbocycles. The van der Waals surface area contributed by atoms with Gasteiger partial charge in [-0.2, -0.15) is 0 Å². The minimum Gasteiger partial charge on any atom is -0.454 e. The maximum Gasteiger partial charge on any atom is 0.326 e. The molecular weight excluding hydrogens is 448 g/mol. The van der Waals surface area contributed by atoms with Gasteiger partial charge in [-0.15, -0.1) is 0 Å². The molecule has 0 aromatic heterocycles. The molecule has 184 valence electrons. The second kappa shape index (κ2) is 9.22. The Labute approximate surface area is 204 Å². The number of aryl methyl sites for hydroxylation is 1. The number of fused-ring (bicyclic) bond motifs is 1. The average molecular weight is 479 g/mol. The molecule has 35 heavy (non-hydrogen) atoms. The van der Waals surface area contributed by atoms with Crippen LogP contribution in [0.25, 0.3) is 0 Å². The molecule has 2 N–H and O–H groups in total. The van der Waals surface area contributed by atoms with Gasteiger partial charge in [0.1, 0.15) is 5.54 Å². The van der Waals surface area contributed by atoms with E-state index >= 15 is 0 Å². The van der Waals surface area contributed by atoms with Crippen LogP contribution in [0.2, 0.25) is 0 Å². The number of hydrogen-bond donors (Lipinski definition) is 2. The molecule has 9 nitrogen and oxygen atoms in total. The molecule has 3 aliphatic heterocycles. The molecule has 1 atom stereocenters. The second-order valence-electron chi connectivity index (χ2n) is 9.38. The lowest BCUT2D eigenvalue weighted by Gasteiger charge is -2.33. The first-order valence-electron chi connectivity index (χ1n) is 12.0. The normalized spacial score (nSPS) is 22.4. The van der Waals surface area contributed by atoms with Gasteiger partial charge in [-0.25, -0.2) is 9.69 Å². The monoisotopic (exact) mass is 478 g/mol. The van der Waals surface area contributed by atoms with Crippen molar-refractivity contribution in [3.8, 4) is 11.5 Å². The number of ether oxygens (including phenoxy) is 2. The van der Waals surface area contributed by atoms with Crippen molar-refractivity contribution in [3.63, 3.8) is 0 Å². The summed E-state index contributed by atoms with van der Waals surface area (Å²) in [6, 6.07) is 12.7. The summed E-state index contributed by atoms with van der Waals surface area (Å²) < 4.78 is 10.7. The van der Waals surface area contributed by atoms with Crippen LogP contribution in [0.3, 0.4) is 0 Å². The molecule has 2 fully saturated rings. The van der Waals surface area contributed by atoms with Gasteiger partial charge < -0.3 is 20.1 Å². The SMILES string of the molecule is CC[C@]1(c2ccc(C)cc2)NC(=O)N(CN2CCC(C(=O)Nc3ccc4c(c3)OCO4)CC2)C1=O. The molecule has 5 rings (SSSR count). The highest BCUT2D eigenvalue weighted by molar-refractivity contribution is 6.07. The number of anilines is 1. The third-order valence-corrected chi connectivity index (χ3v) is 7.19. The Morgan fingerprint density at radius 1 is 1.09 bits per heavy atom. The predicted octanol–water partition coefficient (Wildman–Crippen LogP) is 3.19. The first-order valence-corrected chi connectivity index (χ1v) is 12.0. The first kappa shape index (κ1) is 23.2. The first-order chi connectivity index (χ1) is 16.9. The number of piperidine rings is 1. The number of urea groups is 1. The fourth-order valence-corrected chi connectivity index (χ4v) is 4.99. The van der Waals surface area contributed by atoms with Gasteiger partial charge in [-0.05, 0) is 43.9 Å². The van der Waals surface area contributed by atoms with Crippen molar-refractivity contribution in [1.29, 1.82) is 0 Å². The van der Waals surface area contributed by atoms with Crippen LogP contribution in [-0.2, 0) is 15.1 Å². The van der Waals surface area contributed by atoms with Crippen molar-refractivity contribution in [2.75, 3.05) is 31.9 Å². The molecule has 3 aliphatic rings. The number of rotatable bonds is 6. The van der Waals surface area contributed by atoms with Crippen molar-refractivity contribution in [2.45, 2.75) is 38.6 Å². The summed E-state index contributed by atoms with van der Waals surface area (Å²) in [5, 5.41) is 5.90. The fraction of sp³-hybridized carbons (Fsp3) is 0.423. The molecule has 0 bridgehead atoms. The van der Waals surface area contributed by atoms with E-state index in [4.69, 9.17) is 9.47 Å². The van der Waals surface area contributed by atoms with E-state index < -0.39 is 5.54 Å². The van der Waals surface area contributed by atoms with Crippen LogP contribution in [0, 0.1) is 12.8 Å². The lowest BCUT2D eigenvalue weighted by atomic mass is 9.87. The van der Waals surface area contributed by atoms with Gasteiger partial charge in [-0.1, -0.05) is 36.8 Å². The Morgan fingerprint density at radius 3 is 2.51 bits per heavy atom. The summed E-state index contributed by atoms with van der Waals surface area (Å²) in [4.78, 5) is 42.4. The Morgan fingerprint density at radius 2 is 1.80 bits per heavy atom. The molecule has 3 heterocycles. The Kier molecular flexibility index (Phi) is 6.10. The van der Waals surface area contributed by atoms with Gasteiger partial charge in [-0.3, -0.25) is 14.5 Å². The number of nitrogens with zero attached hydrogens (tertiary/aromatic N) is 2. The molecule has 2 saturated heterocycles. The van der Waals surface area contributed by atoms with E-state index in [2.05, 4.69) is 15.5 Å². The fourth-order valence-electron chi connectivity index (χ4n) is 4.99. The van der Waals surface area contributed by atoms with Crippen molar-refractivity contribution < 1.29 is 23.9 Å². The van der Waals surface area contributed by atoms with Crippen molar-refractivity contribution in [1.82, 2.24) is 15.1 Å². The maximum atomic E-state index is 13.4. The third-order valence-electron chi connectivity index (χ3n) is 7.19. The summed E-state index contributed by atoms with van der Waals surface area (Å²) in [5.74, 6) is 0.896. The van der Waals surface area contributed by atoms with Gasteiger partial charge in [0.05, 0.1) is 6.67 Å². The Balaban J connectivity index is 1.18. The predicted molar refractivity (Wildman–Crippen MR) is 129 cm³/mol. The highest BCUT2D eigenvalue weighted by Crippen LogP contribution is 2.35. The van der Waals surface area contributed by atoms with Crippen LogP contribution in [0.4, 0.5) is 10.5 Å². The van der Waals surface area contributed by atoms with E-state index in [-0.39, 0.29) is 37.2 Å². The molecule has 0 spiro atoms. The van der Waals surface area contributed by atoms with E-state index in [1.165, 1.54) is 4.90 Å². The van der Waals surface area contributed by atoms with Gasteiger partial charge in [0, 0.05) is 30.8 Å². The molecule has 0 radical (unpaired) electrons. The lowest BCUT2D eigenvalue weighted by Crippen LogP contribution is -2.47. The third kappa shape index (κ3) is 4.32. The van der Waals surface area contributed by atoms with E-state index in [1.54, 1.807) is 18.2 Å². The summed E-state index contributed by atoms with van der Waals surface area (Å²) in [6.07, 6.45) is 1.77. The highest BCUT2D eigenvalue weighted by Gasteiger charge is 2.51. The van der Waals surface area contributed by atoms with Crippen LogP contribution in [0.15, 0.2) is 42.5 Å². The van der Waals surface area contributed by atoms with Gasteiger partial charge in [0.25, 0.3) is 5.91 Å². The largest absolute Gasteiger partial charge is 0.454 e. The van der Waals surface area contributed by atoms with Gasteiger partial charge >= 0.3 is 6.03 Å². The van der Waals surface area contributed by atoms with Crippen LogP contribution < -0.4 is 20.1 Å². The number of carbonyl (C=O) groups excluding carboxylic acids is 3. The summed E-state index contributed by atoms with van der Waals surface area (Å²) in [6.45, 7) is 5.55. The van der Waals surface area contributed by atoms with Crippen molar-refractivity contribution >= 4 is 23.5 Å². The lowest BCUT2D eigenvalue weighted by molar-refractivity contribution is -0.134. The Bertz CT molecular complexity index is 1140. The molecule has 0 aliphatic carbocycles. The number of carbonyl (C=O) groups is 3. The smallest absolute Gasteiger partial charge is 0.326 e. The topological polar surface area (TPSA) is 100 Å². The summed E-state index contributed by atoms with van der Waals surface area (Å²) in [7, 11) is 0. The molecule has 2 aromatic rings. The van der Waals surface area contributed by atoms with Crippen LogP contribution in [0.5, 0.6) is 11.5 Å². The zero-order chi connectivity index (χ0) is 24.6. The number of benzene rings is 2. The zero-order valence-electron chi connectivity index (χ0n) is 20.0. The Hall–Kier alpha value is -3.59. The van der Waals surface area contributed by atoms with Gasteiger partial charge in [0.15, 0.2) is 11.5 Å². The van der Waals surface area contributed by atoms with Crippen LogP contribution in [-0.4, -0.2) is 54.2 Å². The summed E-state index contributed by atoms with van der Waals surface area (Å²) >= 11 is 0. The minimum atomic E-state index is -1.03. The number of amides is 4. The quantitative estimate of drug-likeness (QED) is 0.619. The second-order valence-corrected chi connectivity index (χ2v) is 9.38. The van der Waals surface area contributed by atoms with E-state index in [9.17, 15) is 14.4 Å². The number of likely N-dealkylation sites (tertiary alicyclic amines) is 1. The molecule has 0 saturated carbocycles. The molecular formula is C26H30N4O5.